The lowest BCUT2D eigenvalue weighted by Gasteiger charge is -2.38. The van der Waals surface area contributed by atoms with Crippen molar-refractivity contribution in [1.29, 1.82) is 0 Å². The normalized spacial score (nSPS) is 28.2. The quantitative estimate of drug-likeness (QED) is 0.843. The molecular formula is C14H21N3O3S. The van der Waals surface area contributed by atoms with E-state index in [0.29, 0.717) is 25.9 Å². The molecule has 6 nitrogen and oxygen atoms in total. The molecule has 2 aliphatic rings. The highest BCUT2D eigenvalue weighted by Gasteiger charge is 2.39. The fourth-order valence-corrected chi connectivity index (χ4v) is 4.55. The summed E-state index contributed by atoms with van der Waals surface area (Å²) in [5, 5.41) is 9.52. The predicted molar refractivity (Wildman–Crippen MR) is 78.6 cm³/mol. The average molecular weight is 311 g/mol. The van der Waals surface area contributed by atoms with Gasteiger partial charge in [-0.05, 0) is 43.7 Å². The lowest BCUT2D eigenvalue weighted by molar-refractivity contribution is 0.0271. The molecule has 0 bridgehead atoms. The number of nitrogens with zero attached hydrogens (tertiary/aromatic N) is 2. The summed E-state index contributed by atoms with van der Waals surface area (Å²) < 4.78 is 29.2. The van der Waals surface area contributed by atoms with E-state index in [4.69, 9.17) is 0 Å². The van der Waals surface area contributed by atoms with Crippen molar-refractivity contribution >= 4 is 10.2 Å². The molecule has 116 valence electrons. The summed E-state index contributed by atoms with van der Waals surface area (Å²) in [6.07, 6.45) is 4.40. The summed E-state index contributed by atoms with van der Waals surface area (Å²) in [6, 6.07) is 5.14. The fourth-order valence-electron chi connectivity index (χ4n) is 3.02. The van der Waals surface area contributed by atoms with E-state index >= 15 is 0 Å². The van der Waals surface area contributed by atoms with Crippen LogP contribution in [0.5, 0.6) is 0 Å². The molecule has 1 aromatic rings. The third kappa shape index (κ3) is 3.26. The molecule has 7 heteroatoms. The molecule has 1 atom stereocenters. The molecule has 0 aromatic carbocycles. The van der Waals surface area contributed by atoms with Gasteiger partial charge >= 0.3 is 0 Å². The van der Waals surface area contributed by atoms with Gasteiger partial charge in [0, 0.05) is 19.3 Å². The van der Waals surface area contributed by atoms with Gasteiger partial charge in [-0.1, -0.05) is 6.07 Å². The Morgan fingerprint density at radius 3 is 2.57 bits per heavy atom. The first kappa shape index (κ1) is 14.9. The zero-order chi connectivity index (χ0) is 14.9. The Morgan fingerprint density at radius 2 is 2.00 bits per heavy atom. The molecule has 0 spiro atoms. The number of pyridine rings is 1. The molecule has 1 aromatic heterocycles. The topological polar surface area (TPSA) is 82.5 Å². The van der Waals surface area contributed by atoms with Gasteiger partial charge in [0.1, 0.15) is 0 Å². The monoisotopic (exact) mass is 311 g/mol. The fraction of sp³-hybridized carbons (Fsp3) is 0.643. The van der Waals surface area contributed by atoms with E-state index in [2.05, 4.69) is 9.71 Å². The van der Waals surface area contributed by atoms with Crippen LogP contribution in [0.3, 0.4) is 0 Å². The molecular weight excluding hydrogens is 290 g/mol. The molecule has 1 saturated heterocycles. The maximum absolute atomic E-state index is 12.5. The van der Waals surface area contributed by atoms with Gasteiger partial charge in [-0.3, -0.25) is 4.98 Å². The van der Waals surface area contributed by atoms with E-state index < -0.39 is 10.2 Å². The first-order valence-corrected chi connectivity index (χ1v) is 8.86. The first-order chi connectivity index (χ1) is 10.1. The van der Waals surface area contributed by atoms with E-state index in [1.807, 2.05) is 18.2 Å². The van der Waals surface area contributed by atoms with Gasteiger partial charge < -0.3 is 5.11 Å². The number of hydrogen-bond acceptors (Lipinski definition) is 4. The summed E-state index contributed by atoms with van der Waals surface area (Å²) >= 11 is 0. The Balaban J connectivity index is 1.79. The standard InChI is InChI=1S/C14H21N3O3S/c18-12-9-11(10-12)14(13-5-1-2-6-15-13)16-21(19,20)17-7-3-4-8-17/h1-2,5-6,11-12,14,16,18H,3-4,7-10H2/t11?,12?,14-/m0/s1. The second-order valence-corrected chi connectivity index (χ2v) is 7.55. The van der Waals surface area contributed by atoms with Gasteiger partial charge in [0.2, 0.25) is 0 Å². The second-order valence-electron chi connectivity index (χ2n) is 5.85. The maximum Gasteiger partial charge on any atom is 0.280 e. The molecule has 2 N–H and O–H groups in total. The smallest absolute Gasteiger partial charge is 0.280 e. The van der Waals surface area contributed by atoms with Crippen molar-refractivity contribution in [2.24, 2.45) is 5.92 Å². The van der Waals surface area contributed by atoms with Crippen molar-refractivity contribution in [3.63, 3.8) is 0 Å². The summed E-state index contributed by atoms with van der Waals surface area (Å²) in [5.74, 6) is 0.104. The third-order valence-corrected chi connectivity index (χ3v) is 5.91. The predicted octanol–water partition coefficient (Wildman–Crippen LogP) is 0.824. The highest BCUT2D eigenvalue weighted by Crippen LogP contribution is 2.38. The molecule has 21 heavy (non-hydrogen) atoms. The van der Waals surface area contributed by atoms with E-state index in [-0.39, 0.29) is 18.1 Å². The largest absolute Gasteiger partial charge is 0.393 e. The zero-order valence-corrected chi connectivity index (χ0v) is 12.7. The molecule has 3 rings (SSSR count). The average Bonchev–Trinajstić information content (AvgIpc) is 2.98. The van der Waals surface area contributed by atoms with Crippen molar-refractivity contribution in [1.82, 2.24) is 14.0 Å². The molecule has 0 radical (unpaired) electrons. The molecule has 2 heterocycles. The summed E-state index contributed by atoms with van der Waals surface area (Å²) in [6.45, 7) is 1.16. The summed E-state index contributed by atoms with van der Waals surface area (Å²) in [4.78, 5) is 4.29. The molecule has 2 fully saturated rings. The second kappa shape index (κ2) is 6.00. The van der Waals surface area contributed by atoms with E-state index in [0.717, 1.165) is 18.5 Å². The number of rotatable bonds is 5. The van der Waals surface area contributed by atoms with Gasteiger partial charge in [0.05, 0.1) is 17.8 Å². The van der Waals surface area contributed by atoms with Gasteiger partial charge in [-0.15, -0.1) is 0 Å². The van der Waals surface area contributed by atoms with Crippen LogP contribution in [0.25, 0.3) is 0 Å². The van der Waals surface area contributed by atoms with Crippen molar-refractivity contribution in [3.8, 4) is 0 Å². The van der Waals surface area contributed by atoms with Crippen LogP contribution in [-0.4, -0.2) is 42.0 Å². The maximum atomic E-state index is 12.5. The number of aliphatic hydroxyl groups is 1. The van der Waals surface area contributed by atoms with Crippen LogP contribution in [0.4, 0.5) is 0 Å². The van der Waals surface area contributed by atoms with Gasteiger partial charge in [0.25, 0.3) is 10.2 Å². The lowest BCUT2D eigenvalue weighted by atomic mass is 9.76. The van der Waals surface area contributed by atoms with E-state index in [9.17, 15) is 13.5 Å². The zero-order valence-electron chi connectivity index (χ0n) is 11.9. The van der Waals surface area contributed by atoms with Crippen LogP contribution in [0.2, 0.25) is 0 Å². The van der Waals surface area contributed by atoms with Gasteiger partial charge in [0.15, 0.2) is 0 Å². The minimum Gasteiger partial charge on any atom is -0.393 e. The molecule has 0 amide bonds. The van der Waals surface area contributed by atoms with Crippen LogP contribution in [0.1, 0.15) is 37.4 Å². The van der Waals surface area contributed by atoms with E-state index in [1.165, 1.54) is 4.31 Å². The minimum absolute atomic E-state index is 0.104. The van der Waals surface area contributed by atoms with Crippen LogP contribution in [0, 0.1) is 5.92 Å². The Morgan fingerprint density at radius 1 is 1.29 bits per heavy atom. The van der Waals surface area contributed by atoms with Crippen molar-refractivity contribution in [3.05, 3.63) is 30.1 Å². The van der Waals surface area contributed by atoms with Crippen LogP contribution in [-0.2, 0) is 10.2 Å². The van der Waals surface area contributed by atoms with Crippen molar-refractivity contribution < 1.29 is 13.5 Å². The number of nitrogens with one attached hydrogen (secondary N) is 1. The third-order valence-electron chi connectivity index (χ3n) is 4.31. The molecule has 1 aliphatic carbocycles. The van der Waals surface area contributed by atoms with Gasteiger partial charge in [-0.25, -0.2) is 0 Å². The highest BCUT2D eigenvalue weighted by atomic mass is 32.2. The van der Waals surface area contributed by atoms with Crippen LogP contribution < -0.4 is 4.72 Å². The minimum atomic E-state index is -3.48. The first-order valence-electron chi connectivity index (χ1n) is 7.42. The summed E-state index contributed by atoms with van der Waals surface area (Å²) in [5.41, 5.74) is 0.720. The molecule has 1 saturated carbocycles. The Kier molecular flexibility index (Phi) is 4.26. The van der Waals surface area contributed by atoms with Crippen molar-refractivity contribution in [2.75, 3.05) is 13.1 Å². The number of aliphatic hydroxyl groups excluding tert-OH is 1. The van der Waals surface area contributed by atoms with Crippen molar-refractivity contribution in [2.45, 2.75) is 37.8 Å². The van der Waals surface area contributed by atoms with Crippen LogP contribution >= 0.6 is 0 Å². The van der Waals surface area contributed by atoms with Crippen LogP contribution in [0.15, 0.2) is 24.4 Å². The Hall–Kier alpha value is -1.02. The SMILES string of the molecule is O=S(=O)(N[C@H](c1ccccn1)C1CC(O)C1)N1CCCC1. The van der Waals surface area contributed by atoms with Gasteiger partial charge in [-0.2, -0.15) is 17.4 Å². The lowest BCUT2D eigenvalue weighted by Crippen LogP contribution is -2.46. The Labute approximate surface area is 125 Å². The molecule has 1 aliphatic heterocycles. The van der Waals surface area contributed by atoms with E-state index in [1.54, 1.807) is 6.20 Å². The highest BCUT2D eigenvalue weighted by molar-refractivity contribution is 7.87. The molecule has 0 unspecified atom stereocenters. The number of aromatic nitrogens is 1. The Bertz CT molecular complexity index is 566. The number of hydrogen-bond donors (Lipinski definition) is 2. The summed E-state index contributed by atoms with van der Waals surface area (Å²) in [7, 11) is -3.48.